The third kappa shape index (κ3) is 5.40. The fourth-order valence-electron chi connectivity index (χ4n) is 2.20. The average Bonchev–Trinajstić information content (AvgIpc) is 2.63. The van der Waals surface area contributed by atoms with Gasteiger partial charge in [-0.15, -0.1) is 0 Å². The van der Waals surface area contributed by atoms with Gasteiger partial charge in [0.1, 0.15) is 13.2 Å². The molecule has 0 saturated carbocycles. The van der Waals surface area contributed by atoms with E-state index in [0.717, 1.165) is 0 Å². The molecule has 1 aliphatic rings. The van der Waals surface area contributed by atoms with Gasteiger partial charge in [0.05, 0.1) is 7.11 Å². The second-order valence-corrected chi connectivity index (χ2v) is 6.29. The Morgan fingerprint density at radius 2 is 1.96 bits per heavy atom. The first-order valence-corrected chi connectivity index (χ1v) is 8.52. The van der Waals surface area contributed by atoms with Gasteiger partial charge in [0, 0.05) is 12.1 Å². The quantitative estimate of drug-likeness (QED) is 0.591. The van der Waals surface area contributed by atoms with Gasteiger partial charge in [-0.3, -0.25) is 4.79 Å². The lowest BCUT2D eigenvalue weighted by Gasteiger charge is -2.20. The van der Waals surface area contributed by atoms with E-state index in [9.17, 15) is 9.59 Å². The highest BCUT2D eigenvalue weighted by Crippen LogP contribution is 2.40. The van der Waals surface area contributed by atoms with Crippen LogP contribution >= 0.6 is 0 Å². The Labute approximate surface area is 153 Å². The SMILES string of the molecule is COc1cc(/C=C/C(=O)OCC(=O)N[C@H](C)C(C)C)cc2c1OCCO2. The minimum absolute atomic E-state index is 0.0157. The van der Waals surface area contributed by atoms with E-state index in [1.165, 1.54) is 13.2 Å². The molecule has 0 aliphatic carbocycles. The average molecular weight is 363 g/mol. The largest absolute Gasteiger partial charge is 0.493 e. The van der Waals surface area contributed by atoms with Crippen molar-refractivity contribution in [1.29, 1.82) is 0 Å². The molecular weight excluding hydrogens is 338 g/mol. The van der Waals surface area contributed by atoms with Gasteiger partial charge in [0.2, 0.25) is 5.75 Å². The number of rotatable bonds is 7. The van der Waals surface area contributed by atoms with Crippen molar-refractivity contribution in [2.75, 3.05) is 26.9 Å². The molecule has 0 bridgehead atoms. The Kier molecular flexibility index (Phi) is 6.89. The van der Waals surface area contributed by atoms with Crippen LogP contribution in [-0.2, 0) is 14.3 Å². The Hall–Kier alpha value is -2.70. The third-order valence-electron chi connectivity index (χ3n) is 4.00. The molecule has 1 amide bonds. The first-order chi connectivity index (χ1) is 12.4. The molecule has 1 heterocycles. The van der Waals surface area contributed by atoms with Gasteiger partial charge < -0.3 is 24.3 Å². The Balaban J connectivity index is 1.92. The number of carbonyl (C=O) groups excluding carboxylic acids is 2. The van der Waals surface area contributed by atoms with E-state index in [1.807, 2.05) is 20.8 Å². The van der Waals surface area contributed by atoms with Crippen LogP contribution in [-0.4, -0.2) is 44.8 Å². The van der Waals surface area contributed by atoms with Gasteiger partial charge in [-0.2, -0.15) is 0 Å². The molecule has 1 aliphatic heterocycles. The lowest BCUT2D eigenvalue weighted by molar-refractivity contribution is -0.144. The van der Waals surface area contributed by atoms with Crippen molar-refractivity contribution in [3.05, 3.63) is 23.8 Å². The van der Waals surface area contributed by atoms with Gasteiger partial charge in [-0.25, -0.2) is 4.79 Å². The lowest BCUT2D eigenvalue weighted by atomic mass is 10.1. The zero-order valence-electron chi connectivity index (χ0n) is 15.5. The molecule has 1 aromatic carbocycles. The van der Waals surface area contributed by atoms with Crippen molar-refractivity contribution in [3.8, 4) is 17.2 Å². The maximum Gasteiger partial charge on any atom is 0.331 e. The van der Waals surface area contributed by atoms with E-state index in [-0.39, 0.29) is 18.6 Å². The number of benzene rings is 1. The van der Waals surface area contributed by atoms with Crippen LogP contribution in [0.4, 0.5) is 0 Å². The topological polar surface area (TPSA) is 83.1 Å². The predicted octanol–water partition coefficient (Wildman–Crippen LogP) is 2.18. The number of amides is 1. The minimum atomic E-state index is -0.605. The summed E-state index contributed by atoms with van der Waals surface area (Å²) in [5, 5.41) is 2.77. The highest BCUT2D eigenvalue weighted by molar-refractivity contribution is 5.89. The van der Waals surface area contributed by atoms with Crippen molar-refractivity contribution >= 4 is 18.0 Å². The molecule has 0 saturated heterocycles. The summed E-state index contributed by atoms with van der Waals surface area (Å²) in [6.45, 7) is 6.50. The number of carbonyl (C=O) groups is 2. The molecule has 7 nitrogen and oxygen atoms in total. The van der Waals surface area contributed by atoms with Crippen molar-refractivity contribution in [2.45, 2.75) is 26.8 Å². The molecule has 142 valence electrons. The van der Waals surface area contributed by atoms with Gasteiger partial charge in [-0.05, 0) is 36.6 Å². The lowest BCUT2D eigenvalue weighted by Crippen LogP contribution is -2.38. The number of methoxy groups -OCH3 is 1. The summed E-state index contributed by atoms with van der Waals surface area (Å²) in [6.07, 6.45) is 2.82. The second-order valence-electron chi connectivity index (χ2n) is 6.29. The fourth-order valence-corrected chi connectivity index (χ4v) is 2.20. The molecule has 0 spiro atoms. The van der Waals surface area contributed by atoms with Crippen LogP contribution in [0.15, 0.2) is 18.2 Å². The summed E-state index contributed by atoms with van der Waals surface area (Å²) >= 11 is 0. The zero-order valence-corrected chi connectivity index (χ0v) is 15.5. The predicted molar refractivity (Wildman–Crippen MR) is 96.4 cm³/mol. The first-order valence-electron chi connectivity index (χ1n) is 8.52. The van der Waals surface area contributed by atoms with Gasteiger partial charge >= 0.3 is 5.97 Å². The minimum Gasteiger partial charge on any atom is -0.493 e. The molecule has 7 heteroatoms. The highest BCUT2D eigenvalue weighted by Gasteiger charge is 2.18. The number of nitrogens with one attached hydrogen (secondary N) is 1. The summed E-state index contributed by atoms with van der Waals surface area (Å²) in [6, 6.07) is 3.49. The Bertz CT molecular complexity index is 666. The molecule has 0 aromatic heterocycles. The summed E-state index contributed by atoms with van der Waals surface area (Å²) in [5.41, 5.74) is 0.695. The van der Waals surface area contributed by atoms with Gasteiger partial charge in [-0.1, -0.05) is 13.8 Å². The van der Waals surface area contributed by atoms with Crippen LogP contribution in [0, 0.1) is 5.92 Å². The fraction of sp³-hybridized carbons (Fsp3) is 0.474. The second kappa shape index (κ2) is 9.12. The van der Waals surface area contributed by atoms with Crippen molar-refractivity contribution in [1.82, 2.24) is 5.32 Å². The molecule has 1 aromatic rings. The van der Waals surface area contributed by atoms with Crippen molar-refractivity contribution in [3.63, 3.8) is 0 Å². The monoisotopic (exact) mass is 363 g/mol. The summed E-state index contributed by atoms with van der Waals surface area (Å²) in [7, 11) is 1.53. The summed E-state index contributed by atoms with van der Waals surface area (Å²) in [4.78, 5) is 23.5. The van der Waals surface area contributed by atoms with Crippen LogP contribution in [0.1, 0.15) is 26.3 Å². The van der Waals surface area contributed by atoms with E-state index in [2.05, 4.69) is 5.32 Å². The number of ether oxygens (including phenoxy) is 4. The van der Waals surface area contributed by atoms with Crippen LogP contribution in [0.25, 0.3) is 6.08 Å². The number of hydrogen-bond acceptors (Lipinski definition) is 6. The zero-order chi connectivity index (χ0) is 19.1. The van der Waals surface area contributed by atoms with Crippen molar-refractivity contribution in [2.24, 2.45) is 5.92 Å². The molecule has 0 radical (unpaired) electrons. The third-order valence-corrected chi connectivity index (χ3v) is 4.00. The maximum absolute atomic E-state index is 11.8. The van der Waals surface area contributed by atoms with Gasteiger partial charge in [0.25, 0.3) is 5.91 Å². The Morgan fingerprint density at radius 1 is 1.23 bits per heavy atom. The van der Waals surface area contributed by atoms with Crippen LogP contribution < -0.4 is 19.5 Å². The molecule has 26 heavy (non-hydrogen) atoms. The molecular formula is C19H25NO6. The number of hydrogen-bond donors (Lipinski definition) is 1. The van der Waals surface area contributed by atoms with Crippen LogP contribution in [0.5, 0.6) is 17.2 Å². The van der Waals surface area contributed by atoms with Crippen molar-refractivity contribution < 1.29 is 28.5 Å². The molecule has 1 N–H and O–H groups in total. The number of fused-ring (bicyclic) bond motifs is 1. The van der Waals surface area contributed by atoms with Crippen LogP contribution in [0.3, 0.4) is 0 Å². The summed E-state index contributed by atoms with van der Waals surface area (Å²) < 4.78 is 21.3. The molecule has 0 fully saturated rings. The molecule has 2 rings (SSSR count). The normalized spacial score (nSPS) is 14.2. The maximum atomic E-state index is 11.8. The summed E-state index contributed by atoms with van der Waals surface area (Å²) in [5.74, 6) is 1.01. The smallest absolute Gasteiger partial charge is 0.331 e. The molecule has 1 atom stereocenters. The van der Waals surface area contributed by atoms with Gasteiger partial charge in [0.15, 0.2) is 18.1 Å². The van der Waals surface area contributed by atoms with E-state index in [0.29, 0.717) is 41.9 Å². The Morgan fingerprint density at radius 3 is 2.65 bits per heavy atom. The molecule has 0 unspecified atom stereocenters. The van der Waals surface area contributed by atoms with E-state index >= 15 is 0 Å². The standard InChI is InChI=1S/C19H25NO6/c1-12(2)13(3)20-17(21)11-26-18(22)6-5-14-9-15(23-4)19-16(10-14)24-7-8-25-19/h5-6,9-10,12-13H,7-8,11H2,1-4H3,(H,20,21)/b6-5+/t13-/m1/s1. The first kappa shape index (κ1) is 19.6. The van der Waals surface area contributed by atoms with Crippen LogP contribution in [0.2, 0.25) is 0 Å². The highest BCUT2D eigenvalue weighted by atomic mass is 16.6. The van der Waals surface area contributed by atoms with E-state index < -0.39 is 5.97 Å². The van der Waals surface area contributed by atoms with E-state index in [1.54, 1.807) is 18.2 Å². The van der Waals surface area contributed by atoms with E-state index in [4.69, 9.17) is 18.9 Å². The number of esters is 1.